The molecule has 8 heteroatoms. The van der Waals surface area contributed by atoms with E-state index in [0.717, 1.165) is 4.47 Å². The van der Waals surface area contributed by atoms with Crippen molar-refractivity contribution in [2.45, 2.75) is 6.10 Å². The summed E-state index contributed by atoms with van der Waals surface area (Å²) < 4.78 is 27.8. The minimum absolute atomic E-state index is 0.138. The molecule has 1 heterocycles. The van der Waals surface area contributed by atoms with Crippen molar-refractivity contribution in [2.75, 3.05) is 11.9 Å². The van der Waals surface area contributed by atoms with E-state index in [2.05, 4.69) is 31.4 Å². The van der Waals surface area contributed by atoms with Gasteiger partial charge in [0.2, 0.25) is 5.13 Å². The van der Waals surface area contributed by atoms with Gasteiger partial charge in [-0.1, -0.05) is 39.4 Å². The van der Waals surface area contributed by atoms with Gasteiger partial charge in [0.25, 0.3) is 0 Å². The average molecular weight is 412 g/mol. The molecule has 0 saturated heterocycles. The highest BCUT2D eigenvalue weighted by Gasteiger charge is 2.13. The Labute approximate surface area is 149 Å². The Bertz CT molecular complexity index is 859. The van der Waals surface area contributed by atoms with Crippen LogP contribution in [-0.2, 0) is 0 Å². The molecule has 4 nitrogen and oxygen atoms in total. The number of hydrogen-bond donors (Lipinski definition) is 2. The number of hydrogen-bond acceptors (Lipinski definition) is 5. The summed E-state index contributed by atoms with van der Waals surface area (Å²) in [5, 5.41) is 21.8. The number of halogens is 3. The summed E-state index contributed by atoms with van der Waals surface area (Å²) in [6.07, 6.45) is -0.893. The van der Waals surface area contributed by atoms with E-state index in [-0.39, 0.29) is 12.4 Å². The van der Waals surface area contributed by atoms with Gasteiger partial charge in [0.05, 0.1) is 6.10 Å². The molecule has 1 aromatic heterocycles. The van der Waals surface area contributed by atoms with Gasteiger partial charge in [-0.25, -0.2) is 8.78 Å². The van der Waals surface area contributed by atoms with Crippen LogP contribution in [0.4, 0.5) is 13.9 Å². The number of nitrogens with one attached hydrogen (secondary N) is 1. The van der Waals surface area contributed by atoms with Gasteiger partial charge < -0.3 is 10.4 Å². The highest BCUT2D eigenvalue weighted by Crippen LogP contribution is 2.30. The van der Waals surface area contributed by atoms with E-state index in [9.17, 15) is 13.9 Å². The molecule has 0 saturated carbocycles. The van der Waals surface area contributed by atoms with Crippen molar-refractivity contribution in [3.05, 3.63) is 64.1 Å². The molecule has 2 N–H and O–H groups in total. The largest absolute Gasteiger partial charge is 0.387 e. The third-order valence-electron chi connectivity index (χ3n) is 3.26. The summed E-state index contributed by atoms with van der Waals surface area (Å²) >= 11 is 4.46. The smallest absolute Gasteiger partial charge is 0.206 e. The molecule has 24 heavy (non-hydrogen) atoms. The van der Waals surface area contributed by atoms with Crippen LogP contribution in [0.2, 0.25) is 0 Å². The lowest BCUT2D eigenvalue weighted by Crippen LogP contribution is -2.12. The SMILES string of the molecule is OC(CNc1nnc(-c2cc(Br)ccc2F)s1)c1cccc(F)c1. The number of nitrogens with zero attached hydrogens (tertiary/aromatic N) is 2. The number of benzene rings is 2. The maximum Gasteiger partial charge on any atom is 0.206 e. The average Bonchev–Trinajstić information content (AvgIpc) is 3.03. The lowest BCUT2D eigenvalue weighted by molar-refractivity contribution is 0.191. The molecule has 124 valence electrons. The van der Waals surface area contributed by atoms with Crippen LogP contribution in [-0.4, -0.2) is 21.8 Å². The molecule has 0 aliphatic rings. The standard InChI is InChI=1S/C16H12BrF2N3OS/c17-10-4-5-13(19)12(7-10)15-21-22-16(24-15)20-8-14(23)9-2-1-3-11(18)6-9/h1-7,14,23H,8H2,(H,20,22). The third kappa shape index (κ3) is 3.95. The van der Waals surface area contributed by atoms with Gasteiger partial charge in [0.15, 0.2) is 5.01 Å². The quantitative estimate of drug-likeness (QED) is 0.653. The molecule has 0 aliphatic heterocycles. The van der Waals surface area contributed by atoms with Crippen molar-refractivity contribution >= 4 is 32.4 Å². The van der Waals surface area contributed by atoms with Crippen LogP contribution >= 0.6 is 27.3 Å². The van der Waals surface area contributed by atoms with E-state index < -0.39 is 11.9 Å². The minimum Gasteiger partial charge on any atom is -0.387 e. The fraction of sp³-hybridized carbons (Fsp3) is 0.125. The van der Waals surface area contributed by atoms with Gasteiger partial charge in [0, 0.05) is 16.6 Å². The summed E-state index contributed by atoms with van der Waals surface area (Å²) in [6, 6.07) is 10.3. The third-order valence-corrected chi connectivity index (χ3v) is 4.67. The first-order chi connectivity index (χ1) is 11.5. The molecule has 0 radical (unpaired) electrons. The summed E-state index contributed by atoms with van der Waals surface area (Å²) in [5.41, 5.74) is 0.811. The second kappa shape index (κ2) is 7.33. The molecule has 0 fully saturated rings. The Balaban J connectivity index is 1.69. The Morgan fingerprint density at radius 1 is 1.17 bits per heavy atom. The van der Waals surface area contributed by atoms with E-state index in [0.29, 0.717) is 21.3 Å². The first-order valence-electron chi connectivity index (χ1n) is 6.99. The predicted molar refractivity (Wildman–Crippen MR) is 92.9 cm³/mol. The van der Waals surface area contributed by atoms with E-state index in [1.165, 1.54) is 35.6 Å². The first-order valence-corrected chi connectivity index (χ1v) is 8.60. The summed E-state index contributed by atoms with van der Waals surface area (Å²) in [6.45, 7) is 0.138. The fourth-order valence-electron chi connectivity index (χ4n) is 2.08. The van der Waals surface area contributed by atoms with Crippen LogP contribution < -0.4 is 5.32 Å². The Hall–Kier alpha value is -1.90. The topological polar surface area (TPSA) is 58.0 Å². The Morgan fingerprint density at radius 3 is 2.79 bits per heavy atom. The number of aliphatic hydroxyl groups is 1. The summed E-state index contributed by atoms with van der Waals surface area (Å²) in [5.74, 6) is -0.796. The molecular weight excluding hydrogens is 400 g/mol. The number of rotatable bonds is 5. The maximum absolute atomic E-state index is 13.9. The summed E-state index contributed by atoms with van der Waals surface area (Å²) in [7, 11) is 0. The molecule has 0 bridgehead atoms. The van der Waals surface area contributed by atoms with Crippen LogP contribution in [0.1, 0.15) is 11.7 Å². The Morgan fingerprint density at radius 2 is 2.00 bits per heavy atom. The zero-order chi connectivity index (χ0) is 17.1. The lowest BCUT2D eigenvalue weighted by Gasteiger charge is -2.11. The molecule has 1 atom stereocenters. The number of aromatic nitrogens is 2. The molecular formula is C16H12BrF2N3OS. The number of aliphatic hydroxyl groups excluding tert-OH is 1. The van der Waals surface area contributed by atoms with Crippen LogP contribution in [0, 0.1) is 11.6 Å². The minimum atomic E-state index is -0.893. The zero-order valence-electron chi connectivity index (χ0n) is 12.2. The van der Waals surface area contributed by atoms with Crippen molar-refractivity contribution in [3.63, 3.8) is 0 Å². The van der Waals surface area contributed by atoms with Gasteiger partial charge in [-0.05, 0) is 35.9 Å². The number of anilines is 1. The van der Waals surface area contributed by atoms with Gasteiger partial charge in [-0.2, -0.15) is 0 Å². The van der Waals surface area contributed by atoms with E-state index in [1.54, 1.807) is 18.2 Å². The maximum atomic E-state index is 13.9. The lowest BCUT2D eigenvalue weighted by atomic mass is 10.1. The van der Waals surface area contributed by atoms with Crippen molar-refractivity contribution in [1.82, 2.24) is 10.2 Å². The van der Waals surface area contributed by atoms with Crippen molar-refractivity contribution in [2.24, 2.45) is 0 Å². The molecule has 0 spiro atoms. The van der Waals surface area contributed by atoms with Crippen LogP contribution in [0.5, 0.6) is 0 Å². The van der Waals surface area contributed by atoms with Gasteiger partial charge in [0.1, 0.15) is 11.6 Å². The van der Waals surface area contributed by atoms with E-state index in [1.807, 2.05) is 0 Å². The molecule has 0 aliphatic carbocycles. The van der Waals surface area contributed by atoms with Gasteiger partial charge in [-0.3, -0.25) is 0 Å². The molecule has 0 amide bonds. The second-order valence-corrected chi connectivity index (χ2v) is 6.88. The normalized spacial score (nSPS) is 12.2. The fourth-order valence-corrected chi connectivity index (χ4v) is 3.21. The van der Waals surface area contributed by atoms with Crippen LogP contribution in [0.3, 0.4) is 0 Å². The van der Waals surface area contributed by atoms with Crippen molar-refractivity contribution in [1.29, 1.82) is 0 Å². The predicted octanol–water partition coefficient (Wildman–Crippen LogP) is 4.39. The van der Waals surface area contributed by atoms with Crippen LogP contribution in [0.15, 0.2) is 46.9 Å². The molecule has 2 aromatic carbocycles. The summed E-state index contributed by atoms with van der Waals surface area (Å²) in [4.78, 5) is 0. The first kappa shape index (κ1) is 16.9. The highest BCUT2D eigenvalue weighted by molar-refractivity contribution is 9.10. The second-order valence-electron chi connectivity index (χ2n) is 4.99. The molecule has 3 rings (SSSR count). The van der Waals surface area contributed by atoms with E-state index in [4.69, 9.17) is 0 Å². The monoisotopic (exact) mass is 411 g/mol. The Kier molecular flexibility index (Phi) is 5.17. The van der Waals surface area contributed by atoms with Crippen molar-refractivity contribution in [3.8, 4) is 10.6 Å². The zero-order valence-corrected chi connectivity index (χ0v) is 14.6. The van der Waals surface area contributed by atoms with E-state index >= 15 is 0 Å². The van der Waals surface area contributed by atoms with Gasteiger partial charge in [-0.15, -0.1) is 10.2 Å². The van der Waals surface area contributed by atoms with Crippen molar-refractivity contribution < 1.29 is 13.9 Å². The van der Waals surface area contributed by atoms with Gasteiger partial charge >= 0.3 is 0 Å². The highest BCUT2D eigenvalue weighted by atomic mass is 79.9. The molecule has 3 aromatic rings. The molecule has 1 unspecified atom stereocenters. The van der Waals surface area contributed by atoms with Crippen LogP contribution in [0.25, 0.3) is 10.6 Å².